The van der Waals surface area contributed by atoms with Crippen molar-refractivity contribution in [2.75, 3.05) is 0 Å². The molecule has 0 aliphatic carbocycles. The quantitative estimate of drug-likeness (QED) is 0.745. The third-order valence-corrected chi connectivity index (χ3v) is 6.17. The number of thiocarbonyl (C=S) groups is 1. The summed E-state index contributed by atoms with van der Waals surface area (Å²) in [4.78, 5) is 0.570. The van der Waals surface area contributed by atoms with E-state index in [-0.39, 0.29) is 22.0 Å². The smallest absolute Gasteiger partial charge is 0.240 e. The number of benzene rings is 1. The minimum absolute atomic E-state index is 0.0839. The van der Waals surface area contributed by atoms with Crippen molar-refractivity contribution < 1.29 is 12.8 Å². The van der Waals surface area contributed by atoms with Crippen molar-refractivity contribution in [3.8, 4) is 0 Å². The second-order valence-corrected chi connectivity index (χ2v) is 8.08. The lowest BCUT2D eigenvalue weighted by atomic mass is 10.2. The van der Waals surface area contributed by atoms with Gasteiger partial charge in [-0.15, -0.1) is 11.3 Å². The van der Waals surface area contributed by atoms with Crippen LogP contribution < -0.4 is 10.5 Å². The maximum atomic E-state index is 13.5. The summed E-state index contributed by atoms with van der Waals surface area (Å²) < 4.78 is 41.2. The monoisotopic (exact) mass is 408 g/mol. The molecule has 0 unspecified atom stereocenters. The number of nitrogens with one attached hydrogen (secondary N) is 1. The molecule has 2 rings (SSSR count). The molecule has 0 amide bonds. The van der Waals surface area contributed by atoms with E-state index < -0.39 is 15.8 Å². The number of thiophene rings is 1. The van der Waals surface area contributed by atoms with Crippen molar-refractivity contribution in [3.05, 3.63) is 50.4 Å². The molecule has 3 N–H and O–H groups in total. The Labute approximate surface area is 139 Å². The molecule has 0 radical (unpaired) electrons. The Bertz CT molecular complexity index is 790. The van der Waals surface area contributed by atoms with Crippen LogP contribution in [0.25, 0.3) is 0 Å². The second kappa shape index (κ2) is 6.49. The van der Waals surface area contributed by atoms with Gasteiger partial charge >= 0.3 is 0 Å². The first kappa shape index (κ1) is 16.5. The maximum absolute atomic E-state index is 13.5. The summed E-state index contributed by atoms with van der Waals surface area (Å²) in [6.07, 6.45) is 0. The normalized spacial score (nSPS) is 11.5. The molecular weight excluding hydrogens is 399 g/mol. The first-order chi connectivity index (χ1) is 9.81. The largest absolute Gasteiger partial charge is 0.389 e. The van der Waals surface area contributed by atoms with Crippen LogP contribution in [0.15, 0.2) is 39.0 Å². The van der Waals surface area contributed by atoms with E-state index in [0.29, 0.717) is 0 Å². The average molecular weight is 409 g/mol. The minimum atomic E-state index is -3.77. The highest BCUT2D eigenvalue weighted by atomic mass is 79.9. The van der Waals surface area contributed by atoms with Gasteiger partial charge in [0, 0.05) is 21.5 Å². The van der Waals surface area contributed by atoms with E-state index >= 15 is 0 Å². The predicted molar refractivity (Wildman–Crippen MR) is 88.3 cm³/mol. The van der Waals surface area contributed by atoms with Gasteiger partial charge < -0.3 is 5.73 Å². The molecule has 0 fully saturated rings. The van der Waals surface area contributed by atoms with Gasteiger partial charge in [-0.25, -0.2) is 17.5 Å². The van der Waals surface area contributed by atoms with E-state index in [1.807, 2.05) is 11.4 Å². The van der Waals surface area contributed by atoms with Crippen molar-refractivity contribution in [3.63, 3.8) is 0 Å². The molecule has 9 heteroatoms. The fourth-order valence-electron chi connectivity index (χ4n) is 1.56. The van der Waals surface area contributed by atoms with Crippen molar-refractivity contribution in [2.45, 2.75) is 11.4 Å². The van der Waals surface area contributed by atoms with Crippen LogP contribution in [0.2, 0.25) is 0 Å². The molecule has 112 valence electrons. The Morgan fingerprint density at radius 3 is 2.71 bits per heavy atom. The van der Waals surface area contributed by atoms with Gasteiger partial charge in [0.2, 0.25) is 10.0 Å². The van der Waals surface area contributed by atoms with Gasteiger partial charge in [-0.05, 0) is 45.6 Å². The fraction of sp³-hybridized carbons (Fsp3) is 0.0833. The zero-order valence-corrected chi connectivity index (χ0v) is 14.5. The molecule has 0 spiro atoms. The Balaban J connectivity index is 2.26. The summed E-state index contributed by atoms with van der Waals surface area (Å²) in [5.41, 5.74) is 5.28. The summed E-state index contributed by atoms with van der Waals surface area (Å²) >= 11 is 9.44. The van der Waals surface area contributed by atoms with Crippen molar-refractivity contribution in [2.24, 2.45) is 5.73 Å². The van der Waals surface area contributed by atoms with E-state index in [9.17, 15) is 12.8 Å². The van der Waals surface area contributed by atoms with Crippen molar-refractivity contribution in [1.82, 2.24) is 4.72 Å². The summed E-state index contributed by atoms with van der Waals surface area (Å²) in [7, 11) is -3.77. The molecule has 0 aliphatic rings. The van der Waals surface area contributed by atoms with Gasteiger partial charge in [-0.2, -0.15) is 0 Å². The summed E-state index contributed by atoms with van der Waals surface area (Å²) in [6, 6.07) is 5.16. The molecule has 0 saturated carbocycles. The Morgan fingerprint density at radius 1 is 1.43 bits per heavy atom. The number of sulfonamides is 1. The molecule has 0 saturated heterocycles. The Morgan fingerprint density at radius 2 is 2.14 bits per heavy atom. The van der Waals surface area contributed by atoms with Gasteiger partial charge in [-0.1, -0.05) is 12.2 Å². The van der Waals surface area contributed by atoms with Crippen LogP contribution in [0.5, 0.6) is 0 Å². The third kappa shape index (κ3) is 3.86. The molecule has 2 aromatic rings. The highest BCUT2D eigenvalue weighted by molar-refractivity contribution is 9.10. The summed E-state index contributed by atoms with van der Waals surface area (Å²) in [5.74, 6) is -0.651. The van der Waals surface area contributed by atoms with Gasteiger partial charge in [0.05, 0.1) is 4.90 Å². The van der Waals surface area contributed by atoms with Crippen LogP contribution >= 0.6 is 39.5 Å². The Hall–Kier alpha value is -0.870. The first-order valence-corrected chi connectivity index (χ1v) is 9.18. The predicted octanol–water partition coefficient (Wildman–Crippen LogP) is 2.76. The number of rotatable bonds is 5. The van der Waals surface area contributed by atoms with Gasteiger partial charge in [0.15, 0.2) is 0 Å². The number of nitrogens with two attached hydrogens (primary N) is 1. The van der Waals surface area contributed by atoms with E-state index in [0.717, 1.165) is 21.5 Å². The number of hydrogen-bond donors (Lipinski definition) is 2. The molecule has 0 atom stereocenters. The molecule has 1 aromatic heterocycles. The first-order valence-electron chi connectivity index (χ1n) is 5.62. The Kier molecular flexibility index (Phi) is 5.10. The molecule has 4 nitrogen and oxygen atoms in total. The SMILES string of the molecule is NC(=S)c1cc(S(=O)(=O)NCc2sccc2Br)ccc1F. The second-order valence-electron chi connectivity index (χ2n) is 4.02. The van der Waals surface area contributed by atoms with Crippen LogP contribution in [0, 0.1) is 5.82 Å². The van der Waals surface area contributed by atoms with Crippen LogP contribution in [0.3, 0.4) is 0 Å². The lowest BCUT2D eigenvalue weighted by Crippen LogP contribution is -2.23. The van der Waals surface area contributed by atoms with Crippen LogP contribution in [0.4, 0.5) is 4.39 Å². The number of hydrogen-bond acceptors (Lipinski definition) is 4. The summed E-state index contributed by atoms with van der Waals surface area (Å²) in [6.45, 7) is 0.139. The van der Waals surface area contributed by atoms with E-state index in [4.69, 9.17) is 18.0 Å². The molecule has 21 heavy (non-hydrogen) atoms. The molecule has 1 aromatic carbocycles. The van der Waals surface area contributed by atoms with Gasteiger partial charge in [0.25, 0.3) is 0 Å². The molecule has 0 aliphatic heterocycles. The topological polar surface area (TPSA) is 72.2 Å². The van der Waals surface area contributed by atoms with Crippen LogP contribution in [-0.2, 0) is 16.6 Å². The fourth-order valence-corrected chi connectivity index (χ4v) is 4.26. The molecule has 1 heterocycles. The minimum Gasteiger partial charge on any atom is -0.389 e. The van der Waals surface area contributed by atoms with E-state index in [2.05, 4.69) is 20.7 Å². The lowest BCUT2D eigenvalue weighted by Gasteiger charge is -2.08. The van der Waals surface area contributed by atoms with Crippen LogP contribution in [-0.4, -0.2) is 13.4 Å². The number of halogens is 2. The van der Waals surface area contributed by atoms with Crippen molar-refractivity contribution >= 4 is 54.5 Å². The van der Waals surface area contributed by atoms with E-state index in [1.165, 1.54) is 17.4 Å². The zero-order valence-electron chi connectivity index (χ0n) is 10.5. The van der Waals surface area contributed by atoms with E-state index in [1.54, 1.807) is 0 Å². The summed E-state index contributed by atoms with van der Waals surface area (Å²) in [5, 5.41) is 1.84. The average Bonchev–Trinajstić information content (AvgIpc) is 2.82. The van der Waals surface area contributed by atoms with Gasteiger partial charge in [0.1, 0.15) is 10.8 Å². The third-order valence-electron chi connectivity index (χ3n) is 2.63. The van der Waals surface area contributed by atoms with Crippen LogP contribution in [0.1, 0.15) is 10.4 Å². The highest BCUT2D eigenvalue weighted by Crippen LogP contribution is 2.23. The van der Waals surface area contributed by atoms with Crippen molar-refractivity contribution in [1.29, 1.82) is 0 Å². The zero-order chi connectivity index (χ0) is 15.6. The molecule has 0 bridgehead atoms. The van der Waals surface area contributed by atoms with Gasteiger partial charge in [-0.3, -0.25) is 0 Å². The molecular formula is C12H10BrFN2O2S3. The maximum Gasteiger partial charge on any atom is 0.240 e. The lowest BCUT2D eigenvalue weighted by molar-refractivity contribution is 0.580. The standard InChI is InChI=1S/C12H10BrFN2O2S3/c13-9-3-4-20-11(9)6-16-21(17,18)7-1-2-10(14)8(5-7)12(15)19/h1-5,16H,6H2,(H2,15,19). The highest BCUT2D eigenvalue weighted by Gasteiger charge is 2.17.